The standard InChI is InChI=1S/C13H18N2O/c1-16-9-5-8(6-15-7-9)13(14)12-10-3-2-4-11(10)12/h5-7,10-13H,2-4,14H2,1H3. The average molecular weight is 218 g/mol. The Hall–Kier alpha value is -1.09. The van der Waals surface area contributed by atoms with Crippen LogP contribution in [-0.2, 0) is 0 Å². The van der Waals surface area contributed by atoms with Crippen LogP contribution < -0.4 is 10.5 Å². The second-order valence-electron chi connectivity index (χ2n) is 5.02. The van der Waals surface area contributed by atoms with E-state index >= 15 is 0 Å². The van der Waals surface area contributed by atoms with E-state index in [9.17, 15) is 0 Å². The van der Waals surface area contributed by atoms with E-state index in [4.69, 9.17) is 10.5 Å². The summed E-state index contributed by atoms with van der Waals surface area (Å²) in [4.78, 5) is 4.18. The van der Waals surface area contributed by atoms with Gasteiger partial charge in [-0.3, -0.25) is 4.98 Å². The Morgan fingerprint density at radius 3 is 2.81 bits per heavy atom. The third-order valence-electron chi connectivity index (χ3n) is 4.24. The van der Waals surface area contributed by atoms with Gasteiger partial charge in [0.2, 0.25) is 0 Å². The lowest BCUT2D eigenvalue weighted by Gasteiger charge is -2.14. The number of hydrogen-bond acceptors (Lipinski definition) is 3. The van der Waals surface area contributed by atoms with E-state index in [-0.39, 0.29) is 6.04 Å². The fourth-order valence-corrected chi connectivity index (χ4v) is 3.36. The second kappa shape index (κ2) is 3.74. The van der Waals surface area contributed by atoms with Crippen LogP contribution in [0.3, 0.4) is 0 Å². The molecule has 0 aliphatic heterocycles. The molecule has 3 nitrogen and oxygen atoms in total. The van der Waals surface area contributed by atoms with Crippen LogP contribution in [0.25, 0.3) is 0 Å². The molecule has 86 valence electrons. The number of hydrogen-bond donors (Lipinski definition) is 1. The van der Waals surface area contributed by atoms with Crippen molar-refractivity contribution >= 4 is 0 Å². The van der Waals surface area contributed by atoms with E-state index in [1.54, 1.807) is 13.3 Å². The van der Waals surface area contributed by atoms with Gasteiger partial charge in [-0.1, -0.05) is 6.42 Å². The topological polar surface area (TPSA) is 48.1 Å². The van der Waals surface area contributed by atoms with Gasteiger partial charge in [-0.15, -0.1) is 0 Å². The first-order valence-electron chi connectivity index (χ1n) is 6.06. The number of ether oxygens (including phenoxy) is 1. The number of fused-ring (bicyclic) bond motifs is 1. The number of nitrogens with zero attached hydrogens (tertiary/aromatic N) is 1. The minimum atomic E-state index is 0.151. The monoisotopic (exact) mass is 218 g/mol. The zero-order valence-electron chi connectivity index (χ0n) is 9.60. The predicted octanol–water partition coefficient (Wildman–Crippen LogP) is 2.14. The first-order valence-corrected chi connectivity index (χ1v) is 6.06. The highest BCUT2D eigenvalue weighted by Gasteiger charge is 2.55. The number of pyridine rings is 1. The quantitative estimate of drug-likeness (QED) is 0.845. The summed E-state index contributed by atoms with van der Waals surface area (Å²) >= 11 is 0. The maximum Gasteiger partial charge on any atom is 0.137 e. The Labute approximate surface area is 96.0 Å². The molecule has 3 atom stereocenters. The van der Waals surface area contributed by atoms with E-state index in [0.29, 0.717) is 5.92 Å². The molecule has 0 radical (unpaired) electrons. The smallest absolute Gasteiger partial charge is 0.137 e. The molecule has 16 heavy (non-hydrogen) atoms. The maximum atomic E-state index is 6.32. The van der Waals surface area contributed by atoms with Gasteiger partial charge in [0.05, 0.1) is 13.3 Å². The summed E-state index contributed by atoms with van der Waals surface area (Å²) in [7, 11) is 1.66. The van der Waals surface area contributed by atoms with Gasteiger partial charge in [-0.25, -0.2) is 0 Å². The van der Waals surface area contributed by atoms with Gasteiger partial charge in [0, 0.05) is 12.2 Å². The van der Waals surface area contributed by atoms with Gasteiger partial charge in [0.25, 0.3) is 0 Å². The van der Waals surface area contributed by atoms with Crippen molar-refractivity contribution in [2.24, 2.45) is 23.5 Å². The van der Waals surface area contributed by atoms with Crippen molar-refractivity contribution in [2.75, 3.05) is 7.11 Å². The van der Waals surface area contributed by atoms with Crippen LogP contribution in [0, 0.1) is 17.8 Å². The molecule has 1 heterocycles. The molecule has 1 aromatic rings. The molecule has 0 amide bonds. The molecule has 0 aromatic carbocycles. The van der Waals surface area contributed by atoms with E-state index in [1.165, 1.54) is 19.3 Å². The minimum absolute atomic E-state index is 0.151. The van der Waals surface area contributed by atoms with Gasteiger partial charge >= 0.3 is 0 Å². The Bertz CT molecular complexity index is 383. The number of aromatic nitrogens is 1. The Kier molecular flexibility index (Phi) is 2.36. The molecule has 0 saturated heterocycles. The second-order valence-corrected chi connectivity index (χ2v) is 5.02. The molecule has 2 aliphatic carbocycles. The molecule has 3 unspecified atom stereocenters. The predicted molar refractivity (Wildman–Crippen MR) is 62.0 cm³/mol. The summed E-state index contributed by atoms with van der Waals surface area (Å²) in [6, 6.07) is 2.17. The third-order valence-corrected chi connectivity index (χ3v) is 4.24. The lowest BCUT2D eigenvalue weighted by molar-refractivity contribution is 0.410. The van der Waals surface area contributed by atoms with E-state index in [0.717, 1.165) is 23.1 Å². The van der Waals surface area contributed by atoms with Gasteiger partial charge in [0.15, 0.2) is 0 Å². The van der Waals surface area contributed by atoms with Crippen molar-refractivity contribution in [3.05, 3.63) is 24.0 Å². The lowest BCUT2D eigenvalue weighted by atomic mass is 9.99. The number of methoxy groups -OCH3 is 1. The first-order chi connectivity index (χ1) is 7.81. The van der Waals surface area contributed by atoms with Crippen molar-refractivity contribution in [1.82, 2.24) is 4.98 Å². The molecule has 0 spiro atoms. The minimum Gasteiger partial charge on any atom is -0.495 e. The van der Waals surface area contributed by atoms with E-state index in [1.807, 2.05) is 12.3 Å². The van der Waals surface area contributed by atoms with E-state index < -0.39 is 0 Å². The van der Waals surface area contributed by atoms with Gasteiger partial charge in [-0.2, -0.15) is 0 Å². The fraction of sp³-hybridized carbons (Fsp3) is 0.615. The largest absolute Gasteiger partial charge is 0.495 e. The molecule has 3 heteroatoms. The van der Waals surface area contributed by atoms with Crippen LogP contribution in [0.4, 0.5) is 0 Å². The highest BCUT2D eigenvalue weighted by atomic mass is 16.5. The Morgan fingerprint density at radius 1 is 1.38 bits per heavy atom. The highest BCUT2D eigenvalue weighted by Crippen LogP contribution is 2.61. The fourth-order valence-electron chi connectivity index (χ4n) is 3.36. The van der Waals surface area contributed by atoms with Gasteiger partial charge in [0.1, 0.15) is 5.75 Å². The summed E-state index contributed by atoms with van der Waals surface area (Å²) < 4.78 is 5.18. The molecule has 3 rings (SSSR count). The van der Waals surface area contributed by atoms with E-state index in [2.05, 4.69) is 4.98 Å². The first kappa shape index (κ1) is 10.1. The van der Waals surface area contributed by atoms with Crippen LogP contribution in [0.5, 0.6) is 5.75 Å². The van der Waals surface area contributed by atoms with Crippen LogP contribution in [0.1, 0.15) is 30.9 Å². The van der Waals surface area contributed by atoms with Crippen LogP contribution in [-0.4, -0.2) is 12.1 Å². The molecule has 2 saturated carbocycles. The number of nitrogens with two attached hydrogens (primary N) is 1. The lowest BCUT2D eigenvalue weighted by Crippen LogP contribution is -2.15. The Morgan fingerprint density at radius 2 is 2.12 bits per heavy atom. The molecule has 1 aromatic heterocycles. The normalized spacial score (nSPS) is 33.2. The Balaban J connectivity index is 1.76. The summed E-state index contributed by atoms with van der Waals surface area (Å²) in [5, 5.41) is 0. The molecular formula is C13H18N2O. The molecular weight excluding hydrogens is 200 g/mol. The van der Waals surface area contributed by atoms with Crippen molar-refractivity contribution in [2.45, 2.75) is 25.3 Å². The summed E-state index contributed by atoms with van der Waals surface area (Å²) in [6.45, 7) is 0. The molecule has 2 fully saturated rings. The number of rotatable bonds is 3. The van der Waals surface area contributed by atoms with Crippen molar-refractivity contribution in [3.63, 3.8) is 0 Å². The van der Waals surface area contributed by atoms with Gasteiger partial charge < -0.3 is 10.5 Å². The summed E-state index contributed by atoms with van der Waals surface area (Å²) in [6.07, 6.45) is 7.75. The molecule has 2 aliphatic rings. The van der Waals surface area contributed by atoms with Gasteiger partial charge in [-0.05, 0) is 42.2 Å². The van der Waals surface area contributed by atoms with Crippen molar-refractivity contribution in [3.8, 4) is 5.75 Å². The maximum absolute atomic E-state index is 6.32. The molecule has 0 bridgehead atoms. The van der Waals surface area contributed by atoms with Crippen molar-refractivity contribution < 1.29 is 4.74 Å². The van der Waals surface area contributed by atoms with Crippen LogP contribution in [0.15, 0.2) is 18.5 Å². The van der Waals surface area contributed by atoms with Crippen LogP contribution >= 0.6 is 0 Å². The van der Waals surface area contributed by atoms with Crippen molar-refractivity contribution in [1.29, 1.82) is 0 Å². The highest BCUT2D eigenvalue weighted by molar-refractivity contribution is 5.28. The van der Waals surface area contributed by atoms with Crippen LogP contribution in [0.2, 0.25) is 0 Å². The zero-order chi connectivity index (χ0) is 11.1. The summed E-state index contributed by atoms with van der Waals surface area (Å²) in [5.41, 5.74) is 7.44. The third kappa shape index (κ3) is 1.50. The summed E-state index contributed by atoms with van der Waals surface area (Å²) in [5.74, 6) is 3.28. The molecule has 2 N–H and O–H groups in total. The average Bonchev–Trinajstić information content (AvgIpc) is 2.81. The zero-order valence-corrected chi connectivity index (χ0v) is 9.60. The SMILES string of the molecule is COc1cncc(C(N)C2C3CCCC32)c1.